The first-order valence-electron chi connectivity index (χ1n) is 5.58. The van der Waals surface area contributed by atoms with Crippen LogP contribution in [0, 0.1) is 6.92 Å². The molecule has 0 unspecified atom stereocenters. The van der Waals surface area contributed by atoms with Gasteiger partial charge in [0, 0.05) is 22.5 Å². The maximum absolute atomic E-state index is 12.0. The van der Waals surface area contributed by atoms with Crippen LogP contribution in [0.15, 0.2) is 18.2 Å². The number of nitrogens with two attached hydrogens (primary N) is 1. The van der Waals surface area contributed by atoms with Crippen molar-refractivity contribution in [1.29, 1.82) is 0 Å². The Morgan fingerprint density at radius 1 is 1.50 bits per heavy atom. The number of hydrogen-bond donors (Lipinski definition) is 1. The summed E-state index contributed by atoms with van der Waals surface area (Å²) in [5.41, 5.74) is 7.46. The molecule has 86 valence electrons. The maximum atomic E-state index is 12.0. The molecule has 0 aliphatic heterocycles. The van der Waals surface area contributed by atoms with Gasteiger partial charge in [0.25, 0.3) is 0 Å². The highest BCUT2D eigenvalue weighted by Crippen LogP contribution is 2.33. The smallest absolute Gasteiger partial charge is 0.164 e. The number of carbonyl (C=O) groups is 1. The SMILES string of the molecule is Cc1ccc(C(=O)CC2(N)CCC2)cc1Cl. The molecule has 1 aromatic carbocycles. The summed E-state index contributed by atoms with van der Waals surface area (Å²) in [5, 5.41) is 0.644. The van der Waals surface area contributed by atoms with Gasteiger partial charge in [0.2, 0.25) is 0 Å². The van der Waals surface area contributed by atoms with Gasteiger partial charge in [0.1, 0.15) is 0 Å². The molecule has 2 rings (SSSR count). The molecule has 3 heteroatoms. The number of aryl methyl sites for hydroxylation is 1. The van der Waals surface area contributed by atoms with Gasteiger partial charge in [-0.3, -0.25) is 4.79 Å². The summed E-state index contributed by atoms with van der Waals surface area (Å²) in [4.78, 5) is 12.0. The molecule has 0 radical (unpaired) electrons. The Hall–Kier alpha value is -0.860. The van der Waals surface area contributed by atoms with E-state index in [0.29, 0.717) is 17.0 Å². The lowest BCUT2D eigenvalue weighted by molar-refractivity contribution is 0.0912. The summed E-state index contributed by atoms with van der Waals surface area (Å²) in [6.45, 7) is 1.92. The van der Waals surface area contributed by atoms with Crippen molar-refractivity contribution in [3.05, 3.63) is 34.3 Å². The van der Waals surface area contributed by atoms with Gasteiger partial charge in [-0.25, -0.2) is 0 Å². The van der Waals surface area contributed by atoms with Crippen molar-refractivity contribution in [2.24, 2.45) is 5.73 Å². The molecule has 2 N–H and O–H groups in total. The lowest BCUT2D eigenvalue weighted by atomic mass is 9.74. The maximum Gasteiger partial charge on any atom is 0.164 e. The minimum atomic E-state index is -0.256. The number of Topliss-reactive ketones (excluding diaryl/α,β-unsaturated/α-hetero) is 1. The summed E-state index contributed by atoms with van der Waals surface area (Å²) >= 11 is 5.99. The van der Waals surface area contributed by atoms with E-state index in [4.69, 9.17) is 17.3 Å². The zero-order valence-corrected chi connectivity index (χ0v) is 10.2. The molecule has 0 aromatic heterocycles. The first-order valence-corrected chi connectivity index (χ1v) is 5.96. The van der Waals surface area contributed by atoms with E-state index in [1.165, 1.54) is 0 Å². The monoisotopic (exact) mass is 237 g/mol. The molecule has 0 spiro atoms. The zero-order valence-electron chi connectivity index (χ0n) is 9.42. The van der Waals surface area contributed by atoms with Crippen molar-refractivity contribution >= 4 is 17.4 Å². The fraction of sp³-hybridized carbons (Fsp3) is 0.462. The Kier molecular flexibility index (Phi) is 3.04. The zero-order chi connectivity index (χ0) is 11.8. The van der Waals surface area contributed by atoms with Crippen LogP contribution in [0.3, 0.4) is 0 Å². The minimum Gasteiger partial charge on any atom is -0.325 e. The quantitative estimate of drug-likeness (QED) is 0.821. The van der Waals surface area contributed by atoms with Crippen LogP contribution in [-0.2, 0) is 0 Å². The number of carbonyl (C=O) groups excluding carboxylic acids is 1. The van der Waals surface area contributed by atoms with E-state index in [-0.39, 0.29) is 11.3 Å². The molecule has 1 saturated carbocycles. The largest absolute Gasteiger partial charge is 0.325 e. The summed E-state index contributed by atoms with van der Waals surface area (Å²) < 4.78 is 0. The fourth-order valence-corrected chi connectivity index (χ4v) is 2.18. The van der Waals surface area contributed by atoms with Crippen LogP contribution in [0.1, 0.15) is 41.6 Å². The molecule has 0 amide bonds. The second kappa shape index (κ2) is 4.19. The van der Waals surface area contributed by atoms with Crippen molar-refractivity contribution in [2.45, 2.75) is 38.1 Å². The average Bonchev–Trinajstić information content (AvgIpc) is 2.19. The van der Waals surface area contributed by atoms with E-state index >= 15 is 0 Å². The topological polar surface area (TPSA) is 43.1 Å². The summed E-state index contributed by atoms with van der Waals surface area (Å²) in [6, 6.07) is 5.44. The summed E-state index contributed by atoms with van der Waals surface area (Å²) in [6.07, 6.45) is 3.49. The number of halogens is 1. The number of benzene rings is 1. The molecule has 1 aromatic rings. The van der Waals surface area contributed by atoms with Crippen LogP contribution in [0.2, 0.25) is 5.02 Å². The predicted molar refractivity (Wildman–Crippen MR) is 65.9 cm³/mol. The van der Waals surface area contributed by atoms with E-state index in [1.54, 1.807) is 6.07 Å². The average molecular weight is 238 g/mol. The highest BCUT2D eigenvalue weighted by Gasteiger charge is 2.34. The van der Waals surface area contributed by atoms with E-state index in [0.717, 1.165) is 24.8 Å². The van der Waals surface area contributed by atoms with Gasteiger partial charge >= 0.3 is 0 Å². The third-order valence-corrected chi connectivity index (χ3v) is 3.76. The highest BCUT2D eigenvalue weighted by atomic mass is 35.5. The molecule has 1 fully saturated rings. The number of ketones is 1. The van der Waals surface area contributed by atoms with Crippen LogP contribution in [-0.4, -0.2) is 11.3 Å². The lowest BCUT2D eigenvalue weighted by Gasteiger charge is -2.37. The standard InChI is InChI=1S/C13H16ClNO/c1-9-3-4-10(7-11(9)14)12(16)8-13(15)5-2-6-13/h3-4,7H,2,5-6,8,15H2,1H3. The minimum absolute atomic E-state index is 0.101. The second-order valence-corrected chi connectivity index (χ2v) is 5.19. The Balaban J connectivity index is 2.11. The van der Waals surface area contributed by atoms with E-state index in [1.807, 2.05) is 19.1 Å². The van der Waals surface area contributed by atoms with Crippen LogP contribution >= 0.6 is 11.6 Å². The van der Waals surface area contributed by atoms with Crippen molar-refractivity contribution < 1.29 is 4.79 Å². The predicted octanol–water partition coefficient (Wildman–Crippen LogP) is 3.10. The molecule has 0 atom stereocenters. The van der Waals surface area contributed by atoms with E-state index in [2.05, 4.69) is 0 Å². The van der Waals surface area contributed by atoms with Gasteiger partial charge in [-0.2, -0.15) is 0 Å². The van der Waals surface area contributed by atoms with Gasteiger partial charge in [0.15, 0.2) is 5.78 Å². The molecule has 1 aliphatic rings. The van der Waals surface area contributed by atoms with Gasteiger partial charge in [-0.15, -0.1) is 0 Å². The molecule has 16 heavy (non-hydrogen) atoms. The molecule has 0 heterocycles. The molecular weight excluding hydrogens is 222 g/mol. The number of hydrogen-bond acceptors (Lipinski definition) is 2. The van der Waals surface area contributed by atoms with Gasteiger partial charge in [-0.05, 0) is 37.8 Å². The molecule has 1 aliphatic carbocycles. The third kappa shape index (κ3) is 2.28. The fourth-order valence-electron chi connectivity index (χ4n) is 2.00. The molecule has 0 bridgehead atoms. The van der Waals surface area contributed by atoms with Crippen molar-refractivity contribution in [1.82, 2.24) is 0 Å². The van der Waals surface area contributed by atoms with Gasteiger partial charge in [-0.1, -0.05) is 23.7 Å². The van der Waals surface area contributed by atoms with Crippen molar-refractivity contribution in [3.8, 4) is 0 Å². The molecule has 0 saturated heterocycles. The van der Waals surface area contributed by atoms with E-state index < -0.39 is 0 Å². The Bertz CT molecular complexity index is 424. The summed E-state index contributed by atoms with van der Waals surface area (Å²) in [7, 11) is 0. The lowest BCUT2D eigenvalue weighted by Crippen LogP contribution is -2.48. The molecule has 2 nitrogen and oxygen atoms in total. The van der Waals surface area contributed by atoms with Crippen molar-refractivity contribution in [2.75, 3.05) is 0 Å². The third-order valence-electron chi connectivity index (χ3n) is 3.36. The Morgan fingerprint density at radius 2 is 2.19 bits per heavy atom. The van der Waals surface area contributed by atoms with Gasteiger partial charge < -0.3 is 5.73 Å². The van der Waals surface area contributed by atoms with Crippen LogP contribution in [0.5, 0.6) is 0 Å². The van der Waals surface area contributed by atoms with Crippen LogP contribution in [0.25, 0.3) is 0 Å². The normalized spacial score (nSPS) is 17.9. The Labute approximate surface area is 101 Å². The first-order chi connectivity index (χ1) is 7.50. The van der Waals surface area contributed by atoms with Crippen LogP contribution < -0.4 is 5.73 Å². The van der Waals surface area contributed by atoms with Gasteiger partial charge in [0.05, 0.1) is 0 Å². The summed E-state index contributed by atoms with van der Waals surface area (Å²) in [5.74, 6) is 0.101. The molecular formula is C13H16ClNO. The van der Waals surface area contributed by atoms with E-state index in [9.17, 15) is 4.79 Å². The first kappa shape index (κ1) is 11.6. The number of rotatable bonds is 3. The van der Waals surface area contributed by atoms with Crippen molar-refractivity contribution in [3.63, 3.8) is 0 Å². The van der Waals surface area contributed by atoms with Crippen LogP contribution in [0.4, 0.5) is 0 Å². The Morgan fingerprint density at radius 3 is 2.69 bits per heavy atom. The highest BCUT2D eigenvalue weighted by molar-refractivity contribution is 6.31. The second-order valence-electron chi connectivity index (χ2n) is 4.78.